The Labute approximate surface area is 118 Å². The van der Waals surface area contributed by atoms with Crippen LogP contribution in [0.3, 0.4) is 0 Å². The second-order valence-electron chi connectivity index (χ2n) is 4.46. The van der Waals surface area contributed by atoms with Gasteiger partial charge in [-0.05, 0) is 12.1 Å². The summed E-state index contributed by atoms with van der Waals surface area (Å²) in [6.45, 7) is 0.398. The van der Waals surface area contributed by atoms with E-state index in [2.05, 4.69) is 9.97 Å². The van der Waals surface area contributed by atoms with Crippen molar-refractivity contribution >= 4 is 17.8 Å². The van der Waals surface area contributed by atoms with Gasteiger partial charge in [-0.2, -0.15) is 0 Å². The molecule has 0 radical (unpaired) electrons. The Balaban J connectivity index is 1.73. The lowest BCUT2D eigenvalue weighted by Crippen LogP contribution is -2.32. The topological polar surface area (TPSA) is 105 Å². The van der Waals surface area contributed by atoms with Crippen molar-refractivity contribution in [2.45, 2.75) is 6.54 Å². The highest BCUT2D eigenvalue weighted by Crippen LogP contribution is 2.20. The second kappa shape index (κ2) is 4.82. The number of aromatic nitrogens is 3. The van der Waals surface area contributed by atoms with Crippen LogP contribution in [0.2, 0.25) is 0 Å². The van der Waals surface area contributed by atoms with Crippen LogP contribution < -0.4 is 0 Å². The van der Waals surface area contributed by atoms with E-state index in [1.165, 1.54) is 23.3 Å². The zero-order chi connectivity index (χ0) is 15.0. The van der Waals surface area contributed by atoms with Gasteiger partial charge in [0.2, 0.25) is 0 Å². The minimum atomic E-state index is -1.13. The first kappa shape index (κ1) is 13.0. The molecule has 0 spiro atoms. The molecule has 21 heavy (non-hydrogen) atoms. The number of carboxylic acid groups (broad SMARTS) is 1. The van der Waals surface area contributed by atoms with Crippen molar-refractivity contribution in [1.29, 1.82) is 0 Å². The first-order valence-electron chi connectivity index (χ1n) is 6.14. The quantitative estimate of drug-likeness (QED) is 0.809. The van der Waals surface area contributed by atoms with E-state index in [9.17, 15) is 14.4 Å². The zero-order valence-electron chi connectivity index (χ0n) is 10.8. The van der Waals surface area contributed by atoms with Gasteiger partial charge in [-0.3, -0.25) is 19.5 Å². The van der Waals surface area contributed by atoms with Crippen molar-refractivity contribution in [3.05, 3.63) is 47.8 Å². The summed E-state index contributed by atoms with van der Waals surface area (Å²) in [5.74, 6) is -1.95. The van der Waals surface area contributed by atoms with Gasteiger partial charge in [-0.15, -0.1) is 0 Å². The normalized spacial score (nSPS) is 13.6. The third-order valence-corrected chi connectivity index (χ3v) is 3.17. The van der Waals surface area contributed by atoms with E-state index < -0.39 is 11.9 Å². The van der Waals surface area contributed by atoms with E-state index in [1.807, 2.05) is 0 Å². The molecule has 2 aromatic rings. The maximum absolute atomic E-state index is 12.1. The van der Waals surface area contributed by atoms with Crippen molar-refractivity contribution in [3.8, 4) is 0 Å². The monoisotopic (exact) mass is 286 g/mol. The Bertz CT molecular complexity index is 717. The molecule has 2 aromatic heterocycles. The first-order valence-corrected chi connectivity index (χ1v) is 6.14. The number of aromatic carboxylic acids is 1. The lowest BCUT2D eigenvalue weighted by atomic mass is 10.2. The predicted octanol–water partition coefficient (Wildman–Crippen LogP) is 0.273. The van der Waals surface area contributed by atoms with Gasteiger partial charge in [-0.1, -0.05) is 0 Å². The highest BCUT2D eigenvalue weighted by Gasteiger charge is 2.36. The van der Waals surface area contributed by atoms with Crippen molar-refractivity contribution in [3.63, 3.8) is 0 Å². The lowest BCUT2D eigenvalue weighted by molar-refractivity contribution is 0.0642. The summed E-state index contributed by atoms with van der Waals surface area (Å²) in [4.78, 5) is 43.6. The average Bonchev–Trinajstić information content (AvgIpc) is 3.03. The molecule has 0 bridgehead atoms. The lowest BCUT2D eigenvalue weighted by Gasteiger charge is -2.13. The van der Waals surface area contributed by atoms with Crippen LogP contribution in [0.25, 0.3) is 0 Å². The molecule has 0 fully saturated rings. The minimum Gasteiger partial charge on any atom is -0.476 e. The number of carbonyl (C=O) groups is 3. The van der Waals surface area contributed by atoms with Crippen LogP contribution >= 0.6 is 0 Å². The number of imide groups is 1. The summed E-state index contributed by atoms with van der Waals surface area (Å²) in [5.41, 5.74) is 0.359. The predicted molar refractivity (Wildman–Crippen MR) is 68.8 cm³/mol. The molecule has 0 aliphatic carbocycles. The summed E-state index contributed by atoms with van der Waals surface area (Å²) in [6, 6.07) is 3.16. The van der Waals surface area contributed by atoms with Crippen LogP contribution in [0, 0.1) is 0 Å². The molecule has 1 aliphatic heterocycles. The van der Waals surface area contributed by atoms with Gasteiger partial charge in [0.1, 0.15) is 5.69 Å². The number of fused-ring (bicyclic) bond motifs is 1. The maximum atomic E-state index is 12.1. The largest absolute Gasteiger partial charge is 0.476 e. The average molecular weight is 286 g/mol. The molecule has 2 amide bonds. The molecule has 3 heterocycles. The van der Waals surface area contributed by atoms with E-state index in [4.69, 9.17) is 5.11 Å². The molecule has 8 heteroatoms. The molecular weight excluding hydrogens is 276 g/mol. The Morgan fingerprint density at radius 3 is 2.67 bits per heavy atom. The van der Waals surface area contributed by atoms with Crippen molar-refractivity contribution in [2.24, 2.45) is 0 Å². The fourth-order valence-electron chi connectivity index (χ4n) is 2.13. The summed E-state index contributed by atoms with van der Waals surface area (Å²) in [6.07, 6.45) is 4.15. The fourth-order valence-corrected chi connectivity index (χ4v) is 2.13. The van der Waals surface area contributed by atoms with Gasteiger partial charge in [0.05, 0.1) is 11.9 Å². The number of nitrogens with zero attached hydrogens (tertiary/aromatic N) is 4. The number of hydrogen-bond acceptors (Lipinski definition) is 5. The molecule has 1 aliphatic rings. The summed E-state index contributed by atoms with van der Waals surface area (Å²) in [7, 11) is 0. The zero-order valence-corrected chi connectivity index (χ0v) is 10.8. The Kier molecular flexibility index (Phi) is 2.98. The molecule has 0 unspecified atom stereocenters. The molecule has 8 nitrogen and oxygen atoms in total. The number of hydrogen-bond donors (Lipinski definition) is 1. The van der Waals surface area contributed by atoms with Gasteiger partial charge >= 0.3 is 5.97 Å². The second-order valence-corrected chi connectivity index (χ2v) is 4.46. The molecule has 1 N–H and O–H groups in total. The Morgan fingerprint density at radius 2 is 2.00 bits per heavy atom. The van der Waals surface area contributed by atoms with E-state index in [0.717, 1.165) is 4.90 Å². The SMILES string of the molecule is O=C(O)c1cn(CCN2C(=O)c3cccnc3C2=O)cn1. The van der Waals surface area contributed by atoms with Crippen LogP contribution in [0.4, 0.5) is 0 Å². The number of carboxylic acids is 1. The van der Waals surface area contributed by atoms with Crippen LogP contribution in [0.5, 0.6) is 0 Å². The molecule has 3 rings (SSSR count). The molecular formula is C13H10N4O4. The molecule has 106 valence electrons. The third-order valence-electron chi connectivity index (χ3n) is 3.17. The third kappa shape index (κ3) is 2.16. The highest BCUT2D eigenvalue weighted by atomic mass is 16.4. The number of carbonyl (C=O) groups excluding carboxylic acids is 2. The van der Waals surface area contributed by atoms with Crippen LogP contribution in [0.1, 0.15) is 31.3 Å². The van der Waals surface area contributed by atoms with Crippen molar-refractivity contribution in [1.82, 2.24) is 19.4 Å². The molecule has 0 saturated heterocycles. The highest BCUT2D eigenvalue weighted by molar-refractivity contribution is 6.20. The first-order chi connectivity index (χ1) is 10.1. The Morgan fingerprint density at radius 1 is 1.19 bits per heavy atom. The maximum Gasteiger partial charge on any atom is 0.356 e. The van der Waals surface area contributed by atoms with Gasteiger partial charge in [0, 0.05) is 25.5 Å². The van der Waals surface area contributed by atoms with Gasteiger partial charge in [0.15, 0.2) is 5.69 Å². The van der Waals surface area contributed by atoms with E-state index in [1.54, 1.807) is 12.1 Å². The van der Waals surface area contributed by atoms with E-state index in [0.29, 0.717) is 5.56 Å². The fraction of sp³-hybridized carbons (Fsp3) is 0.154. The van der Waals surface area contributed by atoms with Crippen LogP contribution in [0.15, 0.2) is 30.9 Å². The van der Waals surface area contributed by atoms with Gasteiger partial charge in [0.25, 0.3) is 11.8 Å². The molecule has 0 aromatic carbocycles. The minimum absolute atomic E-state index is 0.0842. The summed E-state index contributed by atoms with van der Waals surface area (Å²) in [5, 5.41) is 8.78. The van der Waals surface area contributed by atoms with E-state index >= 15 is 0 Å². The summed E-state index contributed by atoms with van der Waals surface area (Å²) >= 11 is 0. The van der Waals surface area contributed by atoms with E-state index in [-0.39, 0.29) is 30.4 Å². The van der Waals surface area contributed by atoms with Crippen molar-refractivity contribution in [2.75, 3.05) is 6.54 Å². The van der Waals surface area contributed by atoms with Gasteiger partial charge < -0.3 is 9.67 Å². The molecule has 0 atom stereocenters. The number of amides is 2. The number of pyridine rings is 1. The smallest absolute Gasteiger partial charge is 0.356 e. The standard InChI is InChI=1S/C13H10N4O4/c18-11-8-2-1-3-14-10(8)12(19)17(11)5-4-16-6-9(13(20)21)15-7-16/h1-3,6-7H,4-5H2,(H,20,21). The Hall–Kier alpha value is -3.03. The van der Waals surface area contributed by atoms with Crippen LogP contribution in [-0.2, 0) is 6.54 Å². The van der Waals surface area contributed by atoms with Crippen LogP contribution in [-0.4, -0.2) is 48.9 Å². The number of rotatable bonds is 4. The summed E-state index contributed by atoms with van der Waals surface area (Å²) < 4.78 is 1.51. The van der Waals surface area contributed by atoms with Gasteiger partial charge in [-0.25, -0.2) is 9.78 Å². The van der Waals surface area contributed by atoms with Crippen molar-refractivity contribution < 1.29 is 19.5 Å². The molecule has 0 saturated carbocycles. The number of imidazole rings is 1.